The van der Waals surface area contributed by atoms with Crippen molar-refractivity contribution in [3.8, 4) is 0 Å². The van der Waals surface area contributed by atoms with Gasteiger partial charge >= 0.3 is 0 Å². The normalized spacial score (nSPS) is 10.8. The molecule has 0 unspecified atom stereocenters. The Morgan fingerprint density at radius 1 is 1.00 bits per heavy atom. The zero-order chi connectivity index (χ0) is 14.0. The molecule has 0 saturated carbocycles. The number of rotatable bonds is 3. The lowest BCUT2D eigenvalue weighted by Crippen LogP contribution is -2.02. The molecular weight excluding hydrogens is 279 g/mol. The number of benzene rings is 2. The van der Waals surface area contributed by atoms with E-state index in [0.29, 0.717) is 27.1 Å². The van der Waals surface area contributed by atoms with Gasteiger partial charge in [-0.1, -0.05) is 61.3 Å². The van der Waals surface area contributed by atoms with E-state index in [0.717, 1.165) is 0 Å². The van der Waals surface area contributed by atoms with Crippen LogP contribution in [0.5, 0.6) is 0 Å². The quantitative estimate of drug-likeness (QED) is 0.697. The van der Waals surface area contributed by atoms with Crippen molar-refractivity contribution in [2.24, 2.45) is 0 Å². The van der Waals surface area contributed by atoms with Crippen molar-refractivity contribution in [1.29, 1.82) is 0 Å². The largest absolute Gasteiger partial charge is 0.289 e. The second-order valence-electron chi connectivity index (χ2n) is 4.73. The first-order chi connectivity index (χ1) is 8.99. The zero-order valence-electron chi connectivity index (χ0n) is 10.8. The molecule has 0 heterocycles. The van der Waals surface area contributed by atoms with E-state index in [1.165, 1.54) is 5.56 Å². The standard InChI is InChI=1S/C16H14Cl2O/c1-10(2)11-3-5-12(6-4-11)16(19)14-9-13(17)7-8-15(14)18/h3-10H,1-2H3. The molecule has 0 spiro atoms. The summed E-state index contributed by atoms with van der Waals surface area (Å²) in [4.78, 5) is 12.4. The number of hydrogen-bond acceptors (Lipinski definition) is 1. The number of ketones is 1. The Kier molecular flexibility index (Phi) is 4.28. The van der Waals surface area contributed by atoms with Crippen molar-refractivity contribution in [2.75, 3.05) is 0 Å². The molecule has 0 radical (unpaired) electrons. The Labute approximate surface area is 123 Å². The number of carbonyl (C=O) groups excluding carboxylic acids is 1. The Morgan fingerprint density at radius 2 is 1.63 bits per heavy atom. The summed E-state index contributed by atoms with van der Waals surface area (Å²) in [7, 11) is 0. The predicted octanol–water partition coefficient (Wildman–Crippen LogP) is 5.35. The molecule has 0 aliphatic carbocycles. The number of hydrogen-bond donors (Lipinski definition) is 0. The van der Waals surface area contributed by atoms with Gasteiger partial charge in [-0.3, -0.25) is 4.79 Å². The Balaban J connectivity index is 2.36. The van der Waals surface area contributed by atoms with Crippen LogP contribution in [-0.2, 0) is 0 Å². The van der Waals surface area contributed by atoms with Crippen molar-refractivity contribution in [2.45, 2.75) is 19.8 Å². The summed E-state index contributed by atoms with van der Waals surface area (Å²) in [6, 6.07) is 12.5. The minimum Gasteiger partial charge on any atom is -0.289 e. The van der Waals surface area contributed by atoms with Gasteiger partial charge < -0.3 is 0 Å². The second-order valence-corrected chi connectivity index (χ2v) is 5.57. The summed E-state index contributed by atoms with van der Waals surface area (Å²) in [6.07, 6.45) is 0. The van der Waals surface area contributed by atoms with E-state index >= 15 is 0 Å². The zero-order valence-corrected chi connectivity index (χ0v) is 12.3. The van der Waals surface area contributed by atoms with Gasteiger partial charge in [0, 0.05) is 16.1 Å². The van der Waals surface area contributed by atoms with Crippen LogP contribution in [0.1, 0.15) is 41.3 Å². The van der Waals surface area contributed by atoms with Crippen LogP contribution in [0.4, 0.5) is 0 Å². The highest BCUT2D eigenvalue weighted by Gasteiger charge is 2.13. The molecule has 0 aliphatic rings. The van der Waals surface area contributed by atoms with Crippen molar-refractivity contribution in [3.05, 3.63) is 69.2 Å². The lowest BCUT2D eigenvalue weighted by atomic mass is 9.98. The first-order valence-electron chi connectivity index (χ1n) is 6.08. The average molecular weight is 293 g/mol. The molecule has 0 bridgehead atoms. The minimum atomic E-state index is -0.109. The van der Waals surface area contributed by atoms with Crippen LogP contribution in [0.2, 0.25) is 10.0 Å². The Bertz CT molecular complexity index is 601. The van der Waals surface area contributed by atoms with E-state index in [2.05, 4.69) is 13.8 Å². The molecule has 3 heteroatoms. The van der Waals surface area contributed by atoms with Gasteiger partial charge in [0.05, 0.1) is 5.02 Å². The third kappa shape index (κ3) is 3.17. The van der Waals surface area contributed by atoms with Gasteiger partial charge in [0.25, 0.3) is 0 Å². The summed E-state index contributed by atoms with van der Waals surface area (Å²) >= 11 is 11.9. The van der Waals surface area contributed by atoms with Crippen molar-refractivity contribution in [3.63, 3.8) is 0 Å². The molecule has 0 N–H and O–H groups in total. The fourth-order valence-electron chi connectivity index (χ4n) is 1.85. The van der Waals surface area contributed by atoms with E-state index in [1.54, 1.807) is 18.2 Å². The van der Waals surface area contributed by atoms with E-state index in [-0.39, 0.29) is 5.78 Å². The molecule has 19 heavy (non-hydrogen) atoms. The average Bonchev–Trinajstić information content (AvgIpc) is 2.41. The molecule has 98 valence electrons. The van der Waals surface area contributed by atoms with Gasteiger partial charge in [-0.15, -0.1) is 0 Å². The fraction of sp³-hybridized carbons (Fsp3) is 0.188. The molecule has 0 amide bonds. The predicted molar refractivity (Wildman–Crippen MR) is 80.4 cm³/mol. The maximum absolute atomic E-state index is 12.4. The van der Waals surface area contributed by atoms with Crippen molar-refractivity contribution in [1.82, 2.24) is 0 Å². The third-order valence-electron chi connectivity index (χ3n) is 3.01. The molecule has 0 aliphatic heterocycles. The van der Waals surface area contributed by atoms with Gasteiger partial charge in [0.15, 0.2) is 5.78 Å². The van der Waals surface area contributed by atoms with Crippen molar-refractivity contribution < 1.29 is 4.79 Å². The van der Waals surface area contributed by atoms with Crippen LogP contribution in [0.25, 0.3) is 0 Å². The maximum atomic E-state index is 12.4. The van der Waals surface area contributed by atoms with Gasteiger partial charge in [-0.25, -0.2) is 0 Å². The van der Waals surface area contributed by atoms with Crippen LogP contribution in [0, 0.1) is 0 Å². The lowest BCUT2D eigenvalue weighted by molar-refractivity contribution is 0.103. The highest BCUT2D eigenvalue weighted by molar-refractivity contribution is 6.36. The summed E-state index contributed by atoms with van der Waals surface area (Å²) < 4.78 is 0. The van der Waals surface area contributed by atoms with Crippen LogP contribution in [0.3, 0.4) is 0 Å². The first kappa shape index (κ1) is 14.1. The smallest absolute Gasteiger partial charge is 0.194 e. The van der Waals surface area contributed by atoms with E-state index in [1.807, 2.05) is 24.3 Å². The van der Waals surface area contributed by atoms with Gasteiger partial charge in [-0.05, 0) is 29.7 Å². The SMILES string of the molecule is CC(C)c1ccc(C(=O)c2cc(Cl)ccc2Cl)cc1. The minimum absolute atomic E-state index is 0.109. The highest BCUT2D eigenvalue weighted by atomic mass is 35.5. The van der Waals surface area contributed by atoms with Gasteiger partial charge in [0.1, 0.15) is 0 Å². The molecule has 0 fully saturated rings. The van der Waals surface area contributed by atoms with Crippen LogP contribution in [-0.4, -0.2) is 5.78 Å². The monoisotopic (exact) mass is 292 g/mol. The highest BCUT2D eigenvalue weighted by Crippen LogP contribution is 2.24. The van der Waals surface area contributed by atoms with Gasteiger partial charge in [-0.2, -0.15) is 0 Å². The van der Waals surface area contributed by atoms with E-state index in [9.17, 15) is 4.79 Å². The Hall–Kier alpha value is -1.31. The summed E-state index contributed by atoms with van der Waals surface area (Å²) in [5.74, 6) is 0.335. The maximum Gasteiger partial charge on any atom is 0.194 e. The van der Waals surface area contributed by atoms with Crippen LogP contribution in [0.15, 0.2) is 42.5 Å². The molecule has 2 rings (SSSR count). The summed E-state index contributed by atoms with van der Waals surface area (Å²) in [6.45, 7) is 4.23. The van der Waals surface area contributed by atoms with E-state index < -0.39 is 0 Å². The molecule has 2 aromatic rings. The molecule has 0 aromatic heterocycles. The topological polar surface area (TPSA) is 17.1 Å². The lowest BCUT2D eigenvalue weighted by Gasteiger charge is -2.07. The van der Waals surface area contributed by atoms with Crippen LogP contribution >= 0.6 is 23.2 Å². The molecule has 0 saturated heterocycles. The molecule has 0 atom stereocenters. The van der Waals surface area contributed by atoms with Crippen molar-refractivity contribution >= 4 is 29.0 Å². The molecule has 1 nitrogen and oxygen atoms in total. The van der Waals surface area contributed by atoms with Crippen LogP contribution < -0.4 is 0 Å². The second kappa shape index (κ2) is 5.77. The number of halogens is 2. The van der Waals surface area contributed by atoms with Gasteiger partial charge in [0.2, 0.25) is 0 Å². The van der Waals surface area contributed by atoms with E-state index in [4.69, 9.17) is 23.2 Å². The first-order valence-corrected chi connectivity index (χ1v) is 6.84. The Morgan fingerprint density at radius 3 is 2.21 bits per heavy atom. The summed E-state index contributed by atoms with van der Waals surface area (Å²) in [5.41, 5.74) is 2.26. The fourth-order valence-corrected chi connectivity index (χ4v) is 2.22. The molecule has 2 aromatic carbocycles. The number of carbonyl (C=O) groups is 1. The molecular formula is C16H14Cl2O. The summed E-state index contributed by atoms with van der Waals surface area (Å²) in [5, 5.41) is 0.925. The third-order valence-corrected chi connectivity index (χ3v) is 3.58.